The molecule has 0 radical (unpaired) electrons. The molecule has 0 saturated carbocycles. The fourth-order valence-corrected chi connectivity index (χ4v) is 4.92. The minimum absolute atomic E-state index is 0.0485. The van der Waals surface area contributed by atoms with Gasteiger partial charge in [-0.15, -0.1) is 0 Å². The first-order valence-corrected chi connectivity index (χ1v) is 13.3. The van der Waals surface area contributed by atoms with Gasteiger partial charge >= 0.3 is 12.2 Å². The zero-order valence-electron chi connectivity index (χ0n) is 22.1. The molecular formula is C26H38Cl2N4O4. The van der Waals surface area contributed by atoms with Crippen LogP contribution in [-0.2, 0) is 9.47 Å². The van der Waals surface area contributed by atoms with Gasteiger partial charge in [0.2, 0.25) is 0 Å². The predicted molar refractivity (Wildman–Crippen MR) is 144 cm³/mol. The predicted octanol–water partition coefficient (Wildman–Crippen LogP) is 6.62. The SMILES string of the molecule is CC(C)(C)OC(=O)N1CCC[C@H]1C1=NC=C(Cl)C1.CC(C)(C)OC(=O)N1CCC[C@H]1C1=NC=C(Cl)C1. The monoisotopic (exact) mass is 540 g/mol. The molecule has 8 nitrogen and oxygen atoms in total. The molecule has 4 aliphatic heterocycles. The molecule has 36 heavy (non-hydrogen) atoms. The topological polar surface area (TPSA) is 83.8 Å². The number of aliphatic imine (C=N–C) groups is 2. The molecule has 2 amide bonds. The van der Waals surface area contributed by atoms with Gasteiger partial charge < -0.3 is 9.47 Å². The lowest BCUT2D eigenvalue weighted by Crippen LogP contribution is -2.43. The molecule has 4 rings (SSSR count). The molecule has 2 saturated heterocycles. The lowest BCUT2D eigenvalue weighted by atomic mass is 10.1. The van der Waals surface area contributed by atoms with Crippen LogP contribution in [0.5, 0.6) is 0 Å². The maximum Gasteiger partial charge on any atom is 0.410 e. The summed E-state index contributed by atoms with van der Waals surface area (Å²) in [6.45, 7) is 12.7. The number of rotatable bonds is 2. The van der Waals surface area contributed by atoms with E-state index in [1.54, 1.807) is 22.2 Å². The Kier molecular flexibility index (Phi) is 9.15. The average Bonchev–Trinajstić information content (AvgIpc) is 3.52. The standard InChI is InChI=1S/2C13H19ClN2O2/c2*1-13(2,3)18-12(17)16-6-4-5-11(16)10-7-9(14)8-15-10/h2*8,11H,4-7H2,1-3H3/t2*11-/m00/s1. The number of carbonyl (C=O) groups is 2. The van der Waals surface area contributed by atoms with E-state index < -0.39 is 11.2 Å². The van der Waals surface area contributed by atoms with E-state index in [1.807, 2.05) is 41.5 Å². The minimum atomic E-state index is -0.461. The van der Waals surface area contributed by atoms with Crippen molar-refractivity contribution < 1.29 is 19.1 Å². The molecule has 0 aromatic carbocycles. The highest BCUT2D eigenvalue weighted by Crippen LogP contribution is 2.29. The summed E-state index contributed by atoms with van der Waals surface area (Å²) >= 11 is 11.9. The molecule has 0 spiro atoms. The number of hydrogen-bond donors (Lipinski definition) is 0. The first kappa shape index (κ1) is 28.5. The highest BCUT2D eigenvalue weighted by Gasteiger charge is 2.37. The summed E-state index contributed by atoms with van der Waals surface area (Å²) < 4.78 is 10.8. The van der Waals surface area contributed by atoms with E-state index in [1.165, 1.54) is 0 Å². The molecule has 200 valence electrons. The second-order valence-electron chi connectivity index (χ2n) is 11.4. The van der Waals surface area contributed by atoms with Crippen LogP contribution in [0.2, 0.25) is 0 Å². The van der Waals surface area contributed by atoms with Crippen LogP contribution in [0.4, 0.5) is 9.59 Å². The highest BCUT2D eigenvalue weighted by molar-refractivity contribution is 6.32. The number of carbonyl (C=O) groups excluding carboxylic acids is 2. The van der Waals surface area contributed by atoms with Gasteiger partial charge in [-0.3, -0.25) is 19.8 Å². The molecule has 0 bridgehead atoms. The van der Waals surface area contributed by atoms with E-state index in [0.717, 1.165) is 60.3 Å². The molecule has 4 heterocycles. The third-order valence-electron chi connectivity index (χ3n) is 5.97. The minimum Gasteiger partial charge on any atom is -0.444 e. The number of ether oxygens (including phenoxy) is 2. The van der Waals surface area contributed by atoms with E-state index in [2.05, 4.69) is 9.98 Å². The van der Waals surface area contributed by atoms with E-state index in [0.29, 0.717) is 12.8 Å². The summed E-state index contributed by atoms with van der Waals surface area (Å²) in [7, 11) is 0. The summed E-state index contributed by atoms with van der Waals surface area (Å²) in [5.41, 5.74) is 1.03. The first-order chi connectivity index (χ1) is 16.7. The Labute approximate surface area is 224 Å². The van der Waals surface area contributed by atoms with Gasteiger partial charge in [-0.05, 0) is 67.2 Å². The van der Waals surface area contributed by atoms with Gasteiger partial charge in [0.05, 0.1) is 12.1 Å². The van der Waals surface area contributed by atoms with Crippen molar-refractivity contribution in [2.24, 2.45) is 9.98 Å². The van der Waals surface area contributed by atoms with Crippen molar-refractivity contribution in [2.75, 3.05) is 13.1 Å². The van der Waals surface area contributed by atoms with Gasteiger partial charge in [-0.1, -0.05) is 23.2 Å². The van der Waals surface area contributed by atoms with Gasteiger partial charge in [0.15, 0.2) is 0 Å². The normalized spacial score (nSPS) is 24.0. The van der Waals surface area contributed by atoms with Gasteiger partial charge in [0.25, 0.3) is 0 Å². The molecule has 0 N–H and O–H groups in total. The molecule has 4 aliphatic rings. The quantitative estimate of drug-likeness (QED) is 0.393. The molecule has 0 aromatic heterocycles. The van der Waals surface area contributed by atoms with Crippen molar-refractivity contribution in [1.29, 1.82) is 0 Å². The van der Waals surface area contributed by atoms with Crippen LogP contribution in [0.15, 0.2) is 32.4 Å². The van der Waals surface area contributed by atoms with E-state index in [4.69, 9.17) is 32.7 Å². The van der Waals surface area contributed by atoms with Crippen molar-refractivity contribution in [3.63, 3.8) is 0 Å². The van der Waals surface area contributed by atoms with Crippen LogP contribution < -0.4 is 0 Å². The fraction of sp³-hybridized carbons (Fsp3) is 0.692. The Hall–Kier alpha value is -2.06. The van der Waals surface area contributed by atoms with Crippen molar-refractivity contribution >= 4 is 46.8 Å². The van der Waals surface area contributed by atoms with Crippen molar-refractivity contribution in [2.45, 2.75) is 103 Å². The molecule has 0 aromatic rings. The van der Waals surface area contributed by atoms with Crippen LogP contribution in [0.1, 0.15) is 80.1 Å². The lowest BCUT2D eigenvalue weighted by molar-refractivity contribution is 0.0254. The summed E-state index contributed by atoms with van der Waals surface area (Å²) in [6.07, 6.45) is 8.00. The Morgan fingerprint density at radius 2 is 1.14 bits per heavy atom. The largest absolute Gasteiger partial charge is 0.444 e. The number of amides is 2. The summed E-state index contributed by atoms with van der Waals surface area (Å²) in [6, 6.07) is 0.0969. The van der Waals surface area contributed by atoms with Crippen molar-refractivity contribution in [3.8, 4) is 0 Å². The van der Waals surface area contributed by atoms with E-state index >= 15 is 0 Å². The highest BCUT2D eigenvalue weighted by atomic mass is 35.5. The number of halogens is 2. The first-order valence-electron chi connectivity index (χ1n) is 12.5. The third kappa shape index (κ3) is 7.97. The average molecular weight is 542 g/mol. The molecule has 10 heteroatoms. The zero-order chi connectivity index (χ0) is 26.7. The van der Waals surface area contributed by atoms with Gasteiger partial charge in [0.1, 0.15) is 11.2 Å². The smallest absolute Gasteiger partial charge is 0.410 e. The zero-order valence-corrected chi connectivity index (χ0v) is 23.7. The second kappa shape index (κ2) is 11.5. The molecule has 0 aliphatic carbocycles. The Balaban J connectivity index is 0.000000201. The third-order valence-corrected chi connectivity index (χ3v) is 6.43. The lowest BCUT2D eigenvalue weighted by Gasteiger charge is -2.28. The van der Waals surface area contributed by atoms with Gasteiger partial charge in [0, 0.05) is 59.8 Å². The maximum atomic E-state index is 12.1. The van der Waals surface area contributed by atoms with Crippen molar-refractivity contribution in [1.82, 2.24) is 9.80 Å². The molecule has 0 unspecified atom stereocenters. The summed E-state index contributed by atoms with van der Waals surface area (Å²) in [5.74, 6) is 0. The molecular weight excluding hydrogens is 503 g/mol. The van der Waals surface area contributed by atoms with Gasteiger partial charge in [-0.25, -0.2) is 9.59 Å². The number of likely N-dealkylation sites (tertiary alicyclic amines) is 2. The Morgan fingerprint density at radius 3 is 1.42 bits per heavy atom. The van der Waals surface area contributed by atoms with Crippen molar-refractivity contribution in [3.05, 3.63) is 22.5 Å². The van der Waals surface area contributed by atoms with E-state index in [9.17, 15) is 9.59 Å². The number of nitrogens with zero attached hydrogens (tertiary/aromatic N) is 4. The number of allylic oxidation sites excluding steroid dienone is 2. The molecule has 2 fully saturated rings. The summed E-state index contributed by atoms with van der Waals surface area (Å²) in [5, 5.41) is 1.47. The van der Waals surface area contributed by atoms with E-state index in [-0.39, 0.29) is 24.3 Å². The van der Waals surface area contributed by atoms with Gasteiger partial charge in [-0.2, -0.15) is 0 Å². The number of hydrogen-bond acceptors (Lipinski definition) is 6. The van der Waals surface area contributed by atoms with Crippen LogP contribution in [0, 0.1) is 0 Å². The molecule has 2 atom stereocenters. The Morgan fingerprint density at radius 1 is 0.778 bits per heavy atom. The summed E-state index contributed by atoms with van der Waals surface area (Å²) in [4.78, 5) is 36.4. The van der Waals surface area contributed by atoms with Crippen LogP contribution >= 0.6 is 23.2 Å². The van der Waals surface area contributed by atoms with Crippen LogP contribution in [-0.4, -0.2) is 69.8 Å². The maximum absolute atomic E-state index is 12.1. The fourth-order valence-electron chi connectivity index (χ4n) is 4.55. The van der Waals surface area contributed by atoms with Crippen LogP contribution in [0.3, 0.4) is 0 Å². The van der Waals surface area contributed by atoms with Crippen LogP contribution in [0.25, 0.3) is 0 Å². The Bertz CT molecular complexity index is 897. The second-order valence-corrected chi connectivity index (χ2v) is 12.4.